The second-order valence-electron chi connectivity index (χ2n) is 2.39. The zero-order valence-electron chi connectivity index (χ0n) is 6.99. The molecule has 1 aromatic rings. The SMILES string of the molecule is COc1cc(S(=O)(=O)O)c(Br)cc1Br. The zero-order chi connectivity index (χ0) is 10.9. The summed E-state index contributed by atoms with van der Waals surface area (Å²) in [5.41, 5.74) is 0. The first-order valence-electron chi connectivity index (χ1n) is 3.37. The molecule has 0 fully saturated rings. The zero-order valence-corrected chi connectivity index (χ0v) is 11.0. The Morgan fingerprint density at radius 3 is 2.29 bits per heavy atom. The average molecular weight is 346 g/mol. The van der Waals surface area contributed by atoms with E-state index in [9.17, 15) is 8.42 Å². The molecule has 0 unspecified atom stereocenters. The molecule has 0 saturated heterocycles. The van der Waals surface area contributed by atoms with E-state index in [4.69, 9.17) is 9.29 Å². The third-order valence-electron chi connectivity index (χ3n) is 1.48. The number of benzene rings is 1. The second-order valence-corrected chi connectivity index (χ2v) is 5.49. The van der Waals surface area contributed by atoms with Crippen molar-refractivity contribution < 1.29 is 17.7 Å². The third-order valence-corrected chi connectivity index (χ3v) is 3.92. The Morgan fingerprint density at radius 2 is 1.86 bits per heavy atom. The van der Waals surface area contributed by atoms with E-state index in [0.717, 1.165) is 0 Å². The monoisotopic (exact) mass is 344 g/mol. The topological polar surface area (TPSA) is 63.6 Å². The number of hydrogen-bond donors (Lipinski definition) is 1. The van der Waals surface area contributed by atoms with Gasteiger partial charge in [-0.3, -0.25) is 4.55 Å². The van der Waals surface area contributed by atoms with Crippen LogP contribution in [0.3, 0.4) is 0 Å². The van der Waals surface area contributed by atoms with Gasteiger partial charge < -0.3 is 4.74 Å². The molecule has 0 aliphatic rings. The first-order valence-corrected chi connectivity index (χ1v) is 6.39. The predicted octanol–water partition coefficient (Wildman–Crippen LogP) is 2.47. The summed E-state index contributed by atoms with van der Waals surface area (Å²) in [4.78, 5) is -0.224. The number of rotatable bonds is 2. The number of halogens is 2. The van der Waals surface area contributed by atoms with Gasteiger partial charge in [0.05, 0.1) is 11.6 Å². The maximum Gasteiger partial charge on any atom is 0.295 e. The van der Waals surface area contributed by atoms with Crippen LogP contribution < -0.4 is 4.74 Å². The Labute approximate surface area is 98.3 Å². The molecule has 0 radical (unpaired) electrons. The molecule has 0 atom stereocenters. The van der Waals surface area contributed by atoms with Crippen LogP contribution in [0.15, 0.2) is 26.0 Å². The molecular formula is C7H6Br2O4S. The summed E-state index contributed by atoms with van der Waals surface area (Å²) in [5.74, 6) is 0.334. The molecule has 0 aliphatic heterocycles. The molecule has 0 aliphatic carbocycles. The van der Waals surface area contributed by atoms with Crippen LogP contribution in [0.1, 0.15) is 0 Å². The van der Waals surface area contributed by atoms with Crippen LogP contribution in [-0.2, 0) is 10.1 Å². The van der Waals surface area contributed by atoms with Gasteiger partial charge in [0.2, 0.25) is 0 Å². The van der Waals surface area contributed by atoms with E-state index in [2.05, 4.69) is 31.9 Å². The minimum atomic E-state index is -4.23. The Balaban J connectivity index is 3.47. The van der Waals surface area contributed by atoms with E-state index in [0.29, 0.717) is 10.2 Å². The molecule has 0 saturated carbocycles. The van der Waals surface area contributed by atoms with Gasteiger partial charge in [-0.15, -0.1) is 0 Å². The van der Waals surface area contributed by atoms with Crippen molar-refractivity contribution in [2.45, 2.75) is 4.90 Å². The molecule has 1 aromatic carbocycles. The smallest absolute Gasteiger partial charge is 0.295 e. The molecule has 0 amide bonds. The number of hydrogen-bond acceptors (Lipinski definition) is 3. The Bertz CT molecular complexity index is 455. The molecule has 0 heterocycles. The van der Waals surface area contributed by atoms with E-state index < -0.39 is 10.1 Å². The van der Waals surface area contributed by atoms with Crippen LogP contribution in [0, 0.1) is 0 Å². The summed E-state index contributed by atoms with van der Waals surface area (Å²) in [6, 6.07) is 2.71. The lowest BCUT2D eigenvalue weighted by atomic mass is 10.3. The highest BCUT2D eigenvalue weighted by atomic mass is 79.9. The summed E-state index contributed by atoms with van der Waals surface area (Å²) >= 11 is 6.20. The van der Waals surface area contributed by atoms with Crippen molar-refractivity contribution in [2.24, 2.45) is 0 Å². The molecule has 7 heteroatoms. The third kappa shape index (κ3) is 2.47. The molecule has 78 valence electrons. The van der Waals surface area contributed by atoms with E-state index >= 15 is 0 Å². The van der Waals surface area contributed by atoms with Crippen molar-refractivity contribution in [3.8, 4) is 5.75 Å². The molecule has 0 aromatic heterocycles. The van der Waals surface area contributed by atoms with Crippen LogP contribution in [0.25, 0.3) is 0 Å². The van der Waals surface area contributed by atoms with Gasteiger partial charge in [-0.05, 0) is 37.9 Å². The van der Waals surface area contributed by atoms with Gasteiger partial charge >= 0.3 is 0 Å². The molecule has 4 nitrogen and oxygen atoms in total. The van der Waals surface area contributed by atoms with Gasteiger partial charge in [0.15, 0.2) is 0 Å². The maximum absolute atomic E-state index is 10.9. The summed E-state index contributed by atoms with van der Waals surface area (Å²) < 4.78 is 36.4. The Morgan fingerprint density at radius 1 is 1.29 bits per heavy atom. The van der Waals surface area contributed by atoms with Crippen LogP contribution >= 0.6 is 31.9 Å². The van der Waals surface area contributed by atoms with Crippen molar-refractivity contribution in [1.82, 2.24) is 0 Å². The minimum absolute atomic E-state index is 0.224. The van der Waals surface area contributed by atoms with Gasteiger partial charge in [0.1, 0.15) is 10.6 Å². The summed E-state index contributed by atoms with van der Waals surface area (Å²) in [6.07, 6.45) is 0. The summed E-state index contributed by atoms with van der Waals surface area (Å²) in [6.45, 7) is 0. The lowest BCUT2D eigenvalue weighted by Crippen LogP contribution is -2.00. The fourth-order valence-electron chi connectivity index (χ4n) is 0.865. The Kier molecular flexibility index (Phi) is 3.57. The van der Waals surface area contributed by atoms with E-state index in [1.165, 1.54) is 19.2 Å². The second kappa shape index (κ2) is 4.18. The molecule has 14 heavy (non-hydrogen) atoms. The quantitative estimate of drug-likeness (QED) is 0.836. The number of ether oxygens (including phenoxy) is 1. The molecule has 1 N–H and O–H groups in total. The van der Waals surface area contributed by atoms with E-state index in [1.54, 1.807) is 0 Å². The Hall–Kier alpha value is -0.110. The van der Waals surface area contributed by atoms with Crippen molar-refractivity contribution in [1.29, 1.82) is 0 Å². The molecule has 0 spiro atoms. The highest BCUT2D eigenvalue weighted by molar-refractivity contribution is 9.11. The normalized spacial score (nSPS) is 11.4. The van der Waals surface area contributed by atoms with Crippen molar-refractivity contribution in [2.75, 3.05) is 7.11 Å². The molecular weight excluding hydrogens is 340 g/mol. The van der Waals surface area contributed by atoms with Crippen molar-refractivity contribution in [3.63, 3.8) is 0 Å². The fraction of sp³-hybridized carbons (Fsp3) is 0.143. The number of methoxy groups -OCH3 is 1. The van der Waals surface area contributed by atoms with Gasteiger partial charge in [-0.25, -0.2) is 0 Å². The summed E-state index contributed by atoms with van der Waals surface area (Å²) in [7, 11) is -2.83. The highest BCUT2D eigenvalue weighted by Gasteiger charge is 2.17. The van der Waals surface area contributed by atoms with Crippen LogP contribution in [0.4, 0.5) is 0 Å². The summed E-state index contributed by atoms with van der Waals surface area (Å²) in [5, 5.41) is 0. The minimum Gasteiger partial charge on any atom is -0.496 e. The van der Waals surface area contributed by atoms with Crippen LogP contribution in [0.2, 0.25) is 0 Å². The van der Waals surface area contributed by atoms with E-state index in [-0.39, 0.29) is 9.37 Å². The van der Waals surface area contributed by atoms with Gasteiger partial charge in [-0.2, -0.15) is 8.42 Å². The van der Waals surface area contributed by atoms with Gasteiger partial charge in [-0.1, -0.05) is 0 Å². The van der Waals surface area contributed by atoms with Crippen molar-refractivity contribution in [3.05, 3.63) is 21.1 Å². The largest absolute Gasteiger partial charge is 0.496 e. The highest BCUT2D eigenvalue weighted by Crippen LogP contribution is 2.33. The molecule has 0 bridgehead atoms. The average Bonchev–Trinajstić information content (AvgIpc) is 2.02. The molecule has 1 rings (SSSR count). The fourth-order valence-corrected chi connectivity index (χ4v) is 3.20. The standard InChI is InChI=1S/C7H6Br2O4S/c1-13-6-3-7(14(10,11)12)5(9)2-4(6)8/h2-3H,1H3,(H,10,11,12). The van der Waals surface area contributed by atoms with Gasteiger partial charge in [0, 0.05) is 10.5 Å². The van der Waals surface area contributed by atoms with E-state index in [1.807, 2.05) is 0 Å². The first kappa shape index (κ1) is 12.0. The lowest BCUT2D eigenvalue weighted by Gasteiger charge is -2.06. The predicted molar refractivity (Wildman–Crippen MR) is 58.2 cm³/mol. The first-order chi connectivity index (χ1) is 6.36. The van der Waals surface area contributed by atoms with Crippen LogP contribution in [-0.4, -0.2) is 20.1 Å². The lowest BCUT2D eigenvalue weighted by molar-refractivity contribution is 0.409. The van der Waals surface area contributed by atoms with Gasteiger partial charge in [0.25, 0.3) is 10.1 Å². The van der Waals surface area contributed by atoms with Crippen molar-refractivity contribution >= 4 is 42.0 Å². The maximum atomic E-state index is 10.9. The van der Waals surface area contributed by atoms with Crippen LogP contribution in [0.5, 0.6) is 5.75 Å².